The highest BCUT2D eigenvalue weighted by molar-refractivity contribution is 5.92. The molecule has 1 heterocycles. The maximum absolute atomic E-state index is 11.5. The van der Waals surface area contributed by atoms with Crippen LogP contribution in [0.3, 0.4) is 0 Å². The number of hydrogen-bond donors (Lipinski definition) is 1. The molecule has 0 aliphatic rings. The van der Waals surface area contributed by atoms with Crippen LogP contribution in [0.4, 0.5) is 5.82 Å². The van der Waals surface area contributed by atoms with Gasteiger partial charge in [-0.15, -0.1) is 0 Å². The topological polar surface area (TPSA) is 42.0 Å². The molecule has 0 radical (unpaired) electrons. The van der Waals surface area contributed by atoms with Gasteiger partial charge in [0, 0.05) is 11.3 Å². The maximum atomic E-state index is 11.5. The first kappa shape index (κ1) is 10.6. The molecule has 0 bridgehead atoms. The van der Waals surface area contributed by atoms with Crippen LogP contribution in [0, 0.1) is 5.92 Å². The number of fused-ring (bicyclic) bond motifs is 1. The lowest BCUT2D eigenvalue weighted by atomic mass is 10.2. The van der Waals surface area contributed by atoms with Gasteiger partial charge in [0.2, 0.25) is 5.91 Å². The summed E-state index contributed by atoms with van der Waals surface area (Å²) in [5, 5.41) is 3.86. The molecule has 1 N–H and O–H groups in total. The first-order chi connectivity index (χ1) is 7.66. The minimum absolute atomic E-state index is 0.0113. The normalized spacial score (nSPS) is 10.7. The van der Waals surface area contributed by atoms with Crippen LogP contribution >= 0.6 is 0 Å². The van der Waals surface area contributed by atoms with E-state index in [1.165, 1.54) is 0 Å². The Morgan fingerprint density at radius 1 is 1.19 bits per heavy atom. The third kappa shape index (κ3) is 2.19. The zero-order chi connectivity index (χ0) is 11.5. The minimum atomic E-state index is -0.0340. The van der Waals surface area contributed by atoms with Crippen molar-refractivity contribution >= 4 is 22.6 Å². The van der Waals surface area contributed by atoms with Gasteiger partial charge in [-0.3, -0.25) is 4.79 Å². The van der Waals surface area contributed by atoms with Crippen molar-refractivity contribution in [3.05, 3.63) is 36.4 Å². The van der Waals surface area contributed by atoms with Crippen molar-refractivity contribution in [3.63, 3.8) is 0 Å². The van der Waals surface area contributed by atoms with E-state index in [2.05, 4.69) is 10.3 Å². The molecule has 2 rings (SSSR count). The summed E-state index contributed by atoms with van der Waals surface area (Å²) < 4.78 is 0. The van der Waals surface area contributed by atoms with Crippen LogP contribution in [-0.2, 0) is 4.79 Å². The van der Waals surface area contributed by atoms with Gasteiger partial charge in [0.1, 0.15) is 5.82 Å². The van der Waals surface area contributed by atoms with E-state index in [1.54, 1.807) is 0 Å². The van der Waals surface area contributed by atoms with Crippen molar-refractivity contribution in [1.29, 1.82) is 0 Å². The lowest BCUT2D eigenvalue weighted by Crippen LogP contribution is -2.18. The van der Waals surface area contributed by atoms with E-state index in [0.717, 1.165) is 10.9 Å². The van der Waals surface area contributed by atoms with Gasteiger partial charge >= 0.3 is 0 Å². The van der Waals surface area contributed by atoms with Gasteiger partial charge in [-0.05, 0) is 18.2 Å². The van der Waals surface area contributed by atoms with E-state index in [9.17, 15) is 4.79 Å². The molecule has 0 unspecified atom stereocenters. The lowest BCUT2D eigenvalue weighted by molar-refractivity contribution is -0.118. The number of rotatable bonds is 2. The number of hydrogen-bond acceptors (Lipinski definition) is 2. The Kier molecular flexibility index (Phi) is 2.86. The fourth-order valence-electron chi connectivity index (χ4n) is 1.41. The minimum Gasteiger partial charge on any atom is -0.310 e. The molecule has 0 saturated heterocycles. The second-order valence-electron chi connectivity index (χ2n) is 4.03. The summed E-state index contributed by atoms with van der Waals surface area (Å²) in [6.07, 6.45) is 0. The monoisotopic (exact) mass is 214 g/mol. The van der Waals surface area contributed by atoms with Crippen molar-refractivity contribution in [2.24, 2.45) is 5.92 Å². The van der Waals surface area contributed by atoms with Gasteiger partial charge in [-0.2, -0.15) is 0 Å². The van der Waals surface area contributed by atoms with Gasteiger partial charge < -0.3 is 5.32 Å². The Balaban J connectivity index is 2.29. The van der Waals surface area contributed by atoms with Crippen molar-refractivity contribution in [2.45, 2.75) is 13.8 Å². The Labute approximate surface area is 94.5 Å². The number of benzene rings is 1. The van der Waals surface area contributed by atoms with Crippen LogP contribution < -0.4 is 5.32 Å². The van der Waals surface area contributed by atoms with Gasteiger partial charge in [0.15, 0.2) is 0 Å². The number of nitrogens with one attached hydrogen (secondary N) is 1. The van der Waals surface area contributed by atoms with Gasteiger partial charge in [-0.1, -0.05) is 32.0 Å². The first-order valence-electron chi connectivity index (χ1n) is 5.33. The van der Waals surface area contributed by atoms with Crippen molar-refractivity contribution < 1.29 is 4.79 Å². The highest BCUT2D eigenvalue weighted by Gasteiger charge is 2.07. The summed E-state index contributed by atoms with van der Waals surface area (Å²) in [6, 6.07) is 11.6. The number of carbonyl (C=O) groups excluding carboxylic acids is 1. The lowest BCUT2D eigenvalue weighted by Gasteiger charge is -2.07. The molecule has 0 aliphatic carbocycles. The number of nitrogens with zero attached hydrogens (tertiary/aromatic N) is 1. The number of anilines is 1. The van der Waals surface area contributed by atoms with Gasteiger partial charge in [0.05, 0.1) is 5.52 Å². The van der Waals surface area contributed by atoms with Gasteiger partial charge in [0.25, 0.3) is 0 Å². The number of amides is 1. The second kappa shape index (κ2) is 4.31. The second-order valence-corrected chi connectivity index (χ2v) is 4.03. The number of para-hydroxylation sites is 1. The fraction of sp³-hybridized carbons (Fsp3) is 0.231. The van der Waals surface area contributed by atoms with Crippen LogP contribution in [0.25, 0.3) is 10.9 Å². The third-order valence-corrected chi connectivity index (χ3v) is 2.37. The quantitative estimate of drug-likeness (QED) is 0.835. The standard InChI is InChI=1S/C13H14N2O/c1-9(2)13(16)15-12-8-7-10-5-3-4-6-11(10)14-12/h3-9H,1-2H3,(H,14,15,16). The van der Waals surface area contributed by atoms with Crippen LogP contribution in [0.2, 0.25) is 0 Å². The van der Waals surface area contributed by atoms with E-state index in [1.807, 2.05) is 50.2 Å². The molecule has 1 aromatic carbocycles. The Bertz CT molecular complexity index is 520. The predicted molar refractivity (Wildman–Crippen MR) is 65.2 cm³/mol. The fourth-order valence-corrected chi connectivity index (χ4v) is 1.41. The molecule has 0 saturated carbocycles. The van der Waals surface area contributed by atoms with Crippen molar-refractivity contribution in [1.82, 2.24) is 4.98 Å². The molecule has 0 spiro atoms. The number of aromatic nitrogens is 1. The number of carbonyl (C=O) groups is 1. The molecule has 16 heavy (non-hydrogen) atoms. The molecular formula is C13H14N2O. The summed E-state index contributed by atoms with van der Waals surface area (Å²) >= 11 is 0. The smallest absolute Gasteiger partial charge is 0.228 e. The molecule has 0 atom stereocenters. The van der Waals surface area contributed by atoms with E-state index < -0.39 is 0 Å². The highest BCUT2D eigenvalue weighted by atomic mass is 16.1. The summed E-state index contributed by atoms with van der Waals surface area (Å²) in [5.41, 5.74) is 0.893. The van der Waals surface area contributed by atoms with Crippen LogP contribution in [0.15, 0.2) is 36.4 Å². The maximum Gasteiger partial charge on any atom is 0.228 e. The molecule has 0 aliphatic heterocycles. The highest BCUT2D eigenvalue weighted by Crippen LogP contribution is 2.14. The predicted octanol–water partition coefficient (Wildman–Crippen LogP) is 2.83. The molecular weight excluding hydrogens is 200 g/mol. The molecule has 0 fully saturated rings. The van der Waals surface area contributed by atoms with Crippen molar-refractivity contribution in [2.75, 3.05) is 5.32 Å². The molecule has 82 valence electrons. The average molecular weight is 214 g/mol. The number of pyridine rings is 1. The van der Waals surface area contributed by atoms with E-state index in [4.69, 9.17) is 0 Å². The Morgan fingerprint density at radius 2 is 1.94 bits per heavy atom. The largest absolute Gasteiger partial charge is 0.310 e. The van der Waals surface area contributed by atoms with E-state index >= 15 is 0 Å². The summed E-state index contributed by atoms with van der Waals surface area (Å²) in [4.78, 5) is 15.9. The Hall–Kier alpha value is -1.90. The van der Waals surface area contributed by atoms with E-state index in [0.29, 0.717) is 5.82 Å². The zero-order valence-electron chi connectivity index (χ0n) is 9.40. The Morgan fingerprint density at radius 3 is 2.69 bits per heavy atom. The van der Waals surface area contributed by atoms with Crippen LogP contribution in [0.1, 0.15) is 13.8 Å². The van der Waals surface area contributed by atoms with Crippen molar-refractivity contribution in [3.8, 4) is 0 Å². The molecule has 1 amide bonds. The van der Waals surface area contributed by atoms with Crippen LogP contribution in [-0.4, -0.2) is 10.9 Å². The zero-order valence-corrected chi connectivity index (χ0v) is 9.40. The van der Waals surface area contributed by atoms with Crippen LogP contribution in [0.5, 0.6) is 0 Å². The SMILES string of the molecule is CC(C)C(=O)Nc1ccc2ccccc2n1. The summed E-state index contributed by atoms with van der Waals surface area (Å²) in [7, 11) is 0. The van der Waals surface area contributed by atoms with E-state index in [-0.39, 0.29) is 11.8 Å². The molecule has 2 aromatic rings. The summed E-state index contributed by atoms with van der Waals surface area (Å²) in [6.45, 7) is 3.72. The molecule has 1 aromatic heterocycles. The first-order valence-corrected chi connectivity index (χ1v) is 5.33. The van der Waals surface area contributed by atoms with Gasteiger partial charge in [-0.25, -0.2) is 4.98 Å². The third-order valence-electron chi connectivity index (χ3n) is 2.37. The molecule has 3 nitrogen and oxygen atoms in total. The molecule has 3 heteroatoms. The average Bonchev–Trinajstić information content (AvgIpc) is 2.28. The summed E-state index contributed by atoms with van der Waals surface area (Å²) in [5.74, 6) is 0.563.